The molecule has 2 aromatic rings. The molecule has 0 bridgehead atoms. The normalized spacial score (nSPS) is 24.0. The van der Waals surface area contributed by atoms with Gasteiger partial charge in [0.15, 0.2) is 5.60 Å². The predicted octanol–water partition coefficient (Wildman–Crippen LogP) is 3.63. The topological polar surface area (TPSA) is 49.8 Å². The highest BCUT2D eigenvalue weighted by atomic mass is 16.6. The van der Waals surface area contributed by atoms with Gasteiger partial charge in [-0.05, 0) is 37.4 Å². The number of aliphatic hydroxyl groups is 1. The van der Waals surface area contributed by atoms with Gasteiger partial charge in [-0.1, -0.05) is 73.5 Å². The van der Waals surface area contributed by atoms with Crippen molar-refractivity contribution in [2.75, 3.05) is 20.1 Å². The number of likely N-dealkylation sites (tertiary alicyclic amines) is 1. The maximum absolute atomic E-state index is 13.6. The minimum atomic E-state index is -1.70. The largest absolute Gasteiger partial charge is 0.459 e. The molecule has 0 radical (unpaired) electrons. The number of carbonyl (C=O) groups is 1. The molecule has 2 aliphatic rings. The van der Waals surface area contributed by atoms with Gasteiger partial charge in [0.05, 0.1) is 0 Å². The van der Waals surface area contributed by atoms with Gasteiger partial charge < -0.3 is 14.7 Å². The number of benzene rings is 2. The Morgan fingerprint density at radius 3 is 2.25 bits per heavy atom. The van der Waals surface area contributed by atoms with Crippen molar-refractivity contribution in [1.82, 2.24) is 4.90 Å². The zero-order valence-electron chi connectivity index (χ0n) is 16.5. The molecule has 2 aromatic carbocycles. The van der Waals surface area contributed by atoms with Crippen molar-refractivity contribution in [3.05, 3.63) is 71.8 Å². The highest BCUT2D eigenvalue weighted by Crippen LogP contribution is 2.53. The molecule has 0 aromatic heterocycles. The summed E-state index contributed by atoms with van der Waals surface area (Å²) in [6, 6.07) is 19.4. The second-order valence-electron chi connectivity index (χ2n) is 8.31. The molecule has 148 valence electrons. The molecule has 2 unspecified atom stereocenters. The van der Waals surface area contributed by atoms with Gasteiger partial charge in [-0.15, -0.1) is 0 Å². The predicted molar refractivity (Wildman–Crippen MR) is 109 cm³/mol. The van der Waals surface area contributed by atoms with E-state index in [2.05, 4.69) is 4.90 Å². The van der Waals surface area contributed by atoms with Crippen LogP contribution in [0.5, 0.6) is 0 Å². The average molecular weight is 380 g/mol. The average Bonchev–Trinajstić information content (AvgIpc) is 3.39. The van der Waals surface area contributed by atoms with Gasteiger partial charge in [0.25, 0.3) is 0 Å². The fraction of sp³-hybridized carbons (Fsp3) is 0.458. The van der Waals surface area contributed by atoms with Crippen LogP contribution in [0, 0.1) is 0 Å². The molecule has 28 heavy (non-hydrogen) atoms. The van der Waals surface area contributed by atoms with E-state index in [0.29, 0.717) is 5.56 Å². The van der Waals surface area contributed by atoms with Crippen LogP contribution in [0.4, 0.5) is 0 Å². The highest BCUT2D eigenvalue weighted by molar-refractivity contribution is 5.84. The molecule has 0 amide bonds. The fourth-order valence-electron chi connectivity index (χ4n) is 5.09. The van der Waals surface area contributed by atoms with E-state index in [-0.39, 0.29) is 6.10 Å². The maximum Gasteiger partial charge on any atom is 0.344 e. The third-order valence-corrected chi connectivity index (χ3v) is 6.58. The fourth-order valence-corrected chi connectivity index (χ4v) is 5.09. The molecule has 4 rings (SSSR count). The van der Waals surface area contributed by atoms with Crippen molar-refractivity contribution >= 4 is 5.97 Å². The molecule has 0 spiro atoms. The number of hydrogen-bond donors (Lipinski definition) is 1. The summed E-state index contributed by atoms with van der Waals surface area (Å²) >= 11 is 0. The summed E-state index contributed by atoms with van der Waals surface area (Å²) in [6.07, 6.45) is 4.16. The quantitative estimate of drug-likeness (QED) is 0.806. The first kappa shape index (κ1) is 19.2. The van der Waals surface area contributed by atoms with Gasteiger partial charge in [0.1, 0.15) is 6.10 Å². The number of esters is 1. The van der Waals surface area contributed by atoms with Crippen molar-refractivity contribution in [2.24, 2.45) is 0 Å². The molecular weight excluding hydrogens is 350 g/mol. The molecule has 2 fully saturated rings. The first-order chi connectivity index (χ1) is 13.6. The molecule has 1 heterocycles. The first-order valence-corrected chi connectivity index (χ1v) is 10.3. The minimum Gasteiger partial charge on any atom is -0.459 e. The number of rotatable bonds is 5. The lowest BCUT2D eigenvalue weighted by atomic mass is 9.63. The summed E-state index contributed by atoms with van der Waals surface area (Å²) in [5, 5.41) is 12.2. The van der Waals surface area contributed by atoms with Gasteiger partial charge in [0, 0.05) is 18.5 Å². The lowest BCUT2D eigenvalue weighted by molar-refractivity contribution is -0.182. The van der Waals surface area contributed by atoms with Crippen molar-refractivity contribution in [3.8, 4) is 0 Å². The van der Waals surface area contributed by atoms with Gasteiger partial charge in [-0.25, -0.2) is 4.79 Å². The van der Waals surface area contributed by atoms with Crippen LogP contribution in [0.15, 0.2) is 60.7 Å². The Bertz CT molecular complexity index is 801. The summed E-state index contributed by atoms with van der Waals surface area (Å²) in [6.45, 7) is 1.63. The van der Waals surface area contributed by atoms with E-state index in [1.54, 1.807) is 0 Å². The lowest BCUT2D eigenvalue weighted by Crippen LogP contribution is -2.54. The summed E-state index contributed by atoms with van der Waals surface area (Å²) in [5.41, 5.74) is -0.735. The van der Waals surface area contributed by atoms with E-state index in [4.69, 9.17) is 4.74 Å². The van der Waals surface area contributed by atoms with Crippen molar-refractivity contribution in [1.29, 1.82) is 0 Å². The summed E-state index contributed by atoms with van der Waals surface area (Å²) < 4.78 is 5.93. The third kappa shape index (κ3) is 3.15. The zero-order chi connectivity index (χ0) is 19.6. The standard InChI is InChI=1S/C24H29NO3/c1-25-17-14-21(18-25)28-22(26)24(27,20-12-6-3-7-13-20)23(15-8-9-16-23)19-10-4-2-5-11-19/h2-7,10-13,21,27H,8-9,14-18H2,1H3. The maximum atomic E-state index is 13.6. The molecule has 2 atom stereocenters. The molecule has 1 aliphatic carbocycles. The van der Waals surface area contributed by atoms with Crippen LogP contribution in [0.1, 0.15) is 43.2 Å². The van der Waals surface area contributed by atoms with Crippen molar-refractivity contribution in [3.63, 3.8) is 0 Å². The second-order valence-corrected chi connectivity index (χ2v) is 8.31. The van der Waals surface area contributed by atoms with Gasteiger partial charge in [0.2, 0.25) is 0 Å². The monoisotopic (exact) mass is 379 g/mol. The SMILES string of the molecule is CN1CCC(OC(=O)C(O)(c2ccccc2)C2(c3ccccc3)CCCC2)C1. The van der Waals surface area contributed by atoms with Crippen LogP contribution in [0.3, 0.4) is 0 Å². The van der Waals surface area contributed by atoms with E-state index < -0.39 is 17.0 Å². The van der Waals surface area contributed by atoms with Gasteiger partial charge in [-0.3, -0.25) is 0 Å². The van der Waals surface area contributed by atoms with Crippen molar-refractivity contribution in [2.45, 2.75) is 49.2 Å². The first-order valence-electron chi connectivity index (χ1n) is 10.3. The Morgan fingerprint density at radius 2 is 1.68 bits per heavy atom. The van der Waals surface area contributed by atoms with E-state index in [0.717, 1.165) is 50.8 Å². The number of hydrogen-bond acceptors (Lipinski definition) is 4. The third-order valence-electron chi connectivity index (χ3n) is 6.58. The number of nitrogens with zero attached hydrogens (tertiary/aromatic N) is 1. The molecule has 1 saturated heterocycles. The lowest BCUT2D eigenvalue weighted by Gasteiger charge is -2.44. The Kier molecular flexibility index (Phi) is 5.26. The smallest absolute Gasteiger partial charge is 0.344 e. The van der Waals surface area contributed by atoms with Crippen LogP contribution in [0.25, 0.3) is 0 Å². The van der Waals surface area contributed by atoms with Gasteiger partial charge in [-0.2, -0.15) is 0 Å². The van der Waals surface area contributed by atoms with E-state index in [9.17, 15) is 9.90 Å². The second kappa shape index (κ2) is 7.69. The summed E-state index contributed by atoms with van der Waals surface area (Å²) in [7, 11) is 2.03. The van der Waals surface area contributed by atoms with E-state index in [1.165, 1.54) is 0 Å². The van der Waals surface area contributed by atoms with Crippen LogP contribution >= 0.6 is 0 Å². The summed E-state index contributed by atoms with van der Waals surface area (Å²) in [4.78, 5) is 15.8. The highest BCUT2D eigenvalue weighted by Gasteiger charge is 2.59. The Balaban J connectivity index is 1.79. The number of carbonyl (C=O) groups excluding carboxylic acids is 1. The Labute approximate surface area is 167 Å². The molecule has 4 heteroatoms. The van der Waals surface area contributed by atoms with E-state index >= 15 is 0 Å². The minimum absolute atomic E-state index is 0.165. The number of ether oxygens (including phenoxy) is 1. The Morgan fingerprint density at radius 1 is 1.07 bits per heavy atom. The molecular formula is C24H29NO3. The molecule has 1 N–H and O–H groups in total. The zero-order valence-corrected chi connectivity index (χ0v) is 16.5. The van der Waals surface area contributed by atoms with E-state index in [1.807, 2.05) is 67.7 Å². The summed E-state index contributed by atoms with van der Waals surface area (Å²) in [5.74, 6) is -0.509. The molecule has 1 saturated carbocycles. The van der Waals surface area contributed by atoms with Crippen LogP contribution in [0.2, 0.25) is 0 Å². The van der Waals surface area contributed by atoms with Gasteiger partial charge >= 0.3 is 5.97 Å². The number of likely N-dealkylation sites (N-methyl/N-ethyl adjacent to an activating group) is 1. The van der Waals surface area contributed by atoms with Crippen molar-refractivity contribution < 1.29 is 14.6 Å². The molecule has 1 aliphatic heterocycles. The van der Waals surface area contributed by atoms with Crippen LogP contribution in [-0.4, -0.2) is 42.2 Å². The molecule has 4 nitrogen and oxygen atoms in total. The van der Waals surface area contributed by atoms with Crippen LogP contribution < -0.4 is 0 Å². The Hall–Kier alpha value is -2.17. The van der Waals surface area contributed by atoms with Crippen LogP contribution in [-0.2, 0) is 20.5 Å².